The molecule has 5 heteroatoms. The number of nitrogens with one attached hydrogen (secondary N) is 1. The number of benzene rings is 3. The van der Waals surface area contributed by atoms with E-state index in [0.717, 1.165) is 28.1 Å². The molecule has 0 aliphatic heterocycles. The van der Waals surface area contributed by atoms with Gasteiger partial charge in [-0.15, -0.1) is 0 Å². The molecule has 3 aromatic carbocycles. The van der Waals surface area contributed by atoms with E-state index in [9.17, 15) is 9.59 Å². The van der Waals surface area contributed by atoms with Crippen molar-refractivity contribution in [1.29, 1.82) is 0 Å². The third-order valence-electron chi connectivity index (χ3n) is 6.05. The van der Waals surface area contributed by atoms with Crippen molar-refractivity contribution in [3.63, 3.8) is 0 Å². The lowest BCUT2D eigenvalue weighted by Crippen LogP contribution is -2.40. The van der Waals surface area contributed by atoms with Gasteiger partial charge in [0.1, 0.15) is 0 Å². The molecule has 5 nitrogen and oxygen atoms in total. The van der Waals surface area contributed by atoms with E-state index in [1.165, 1.54) is 0 Å². The molecule has 2 amide bonds. The number of nitrogens with zero attached hydrogens (tertiary/aromatic N) is 2. The van der Waals surface area contributed by atoms with Gasteiger partial charge in [0.2, 0.25) is 11.8 Å². The first-order valence-electron chi connectivity index (χ1n) is 12.1. The van der Waals surface area contributed by atoms with E-state index < -0.39 is 5.41 Å². The van der Waals surface area contributed by atoms with Crippen molar-refractivity contribution in [1.82, 2.24) is 4.90 Å². The molecule has 184 valence electrons. The van der Waals surface area contributed by atoms with Gasteiger partial charge in [-0.3, -0.25) is 9.59 Å². The third-order valence-corrected chi connectivity index (χ3v) is 6.05. The second-order valence-corrected chi connectivity index (χ2v) is 10.2. The first-order valence-corrected chi connectivity index (χ1v) is 12.1. The van der Waals surface area contributed by atoms with Crippen molar-refractivity contribution < 1.29 is 9.59 Å². The minimum Gasteiger partial charge on any atom is -0.377 e. The van der Waals surface area contributed by atoms with E-state index in [2.05, 4.69) is 24.4 Å². The summed E-state index contributed by atoms with van der Waals surface area (Å²) in [5, 5.41) is 3.03. The van der Waals surface area contributed by atoms with E-state index in [0.29, 0.717) is 13.0 Å². The molecule has 1 unspecified atom stereocenters. The first-order chi connectivity index (χ1) is 16.6. The summed E-state index contributed by atoms with van der Waals surface area (Å²) in [6, 6.07) is 25.6. The predicted octanol–water partition coefficient (Wildman–Crippen LogP) is 6.07. The van der Waals surface area contributed by atoms with Crippen molar-refractivity contribution in [3.8, 4) is 0 Å². The molecule has 0 fully saturated rings. The molecular weight excluding hydrogens is 434 g/mol. The van der Waals surface area contributed by atoms with Crippen LogP contribution < -0.4 is 10.2 Å². The summed E-state index contributed by atoms with van der Waals surface area (Å²) in [6.07, 6.45) is 0.311. The molecule has 3 rings (SSSR count). The fourth-order valence-electron chi connectivity index (χ4n) is 4.12. The fraction of sp³-hybridized carbons (Fsp3) is 0.333. The van der Waals surface area contributed by atoms with Crippen molar-refractivity contribution in [2.75, 3.05) is 24.3 Å². The van der Waals surface area contributed by atoms with E-state index in [1.54, 1.807) is 0 Å². The molecule has 0 saturated carbocycles. The van der Waals surface area contributed by atoms with Crippen LogP contribution in [-0.4, -0.2) is 30.8 Å². The minimum atomic E-state index is -0.525. The highest BCUT2D eigenvalue weighted by Gasteiger charge is 2.31. The number of anilines is 2. The number of carbonyl (C=O) groups is 2. The Bertz CT molecular complexity index is 1140. The van der Waals surface area contributed by atoms with Gasteiger partial charge < -0.3 is 15.1 Å². The standard InChI is InChI=1S/C30H37N3O2/c1-22(24-15-11-8-12-16-24)33(29(35)30(2,3)4)21-25-20-26(17-18-27(25)32(5)6)31-28(34)19-23-13-9-7-10-14-23/h7-18,20,22H,19,21H2,1-6H3,(H,31,34). The van der Waals surface area contributed by atoms with Crippen LogP contribution in [0.2, 0.25) is 0 Å². The van der Waals surface area contributed by atoms with Crippen LogP contribution in [-0.2, 0) is 22.6 Å². The maximum Gasteiger partial charge on any atom is 0.228 e. The van der Waals surface area contributed by atoms with Gasteiger partial charge in [0.25, 0.3) is 0 Å². The van der Waals surface area contributed by atoms with Gasteiger partial charge >= 0.3 is 0 Å². The summed E-state index contributed by atoms with van der Waals surface area (Å²) in [6.45, 7) is 8.36. The first kappa shape index (κ1) is 26.0. The lowest BCUT2D eigenvalue weighted by atomic mass is 9.92. The molecule has 35 heavy (non-hydrogen) atoms. The Balaban J connectivity index is 1.91. The molecule has 1 N–H and O–H groups in total. The number of hydrogen-bond acceptors (Lipinski definition) is 3. The van der Waals surface area contributed by atoms with Crippen LogP contribution in [0.4, 0.5) is 11.4 Å². The molecule has 0 aromatic heterocycles. The van der Waals surface area contributed by atoms with Crippen molar-refractivity contribution in [3.05, 3.63) is 95.6 Å². The van der Waals surface area contributed by atoms with E-state index in [-0.39, 0.29) is 17.9 Å². The second kappa shape index (κ2) is 11.2. The highest BCUT2D eigenvalue weighted by Crippen LogP contribution is 2.32. The SMILES string of the molecule is CC(c1ccccc1)N(Cc1cc(NC(=O)Cc2ccccc2)ccc1N(C)C)C(=O)C(C)(C)C. The highest BCUT2D eigenvalue weighted by atomic mass is 16.2. The van der Waals surface area contributed by atoms with Crippen LogP contribution in [0, 0.1) is 5.41 Å². The zero-order valence-electron chi connectivity index (χ0n) is 21.7. The number of hydrogen-bond donors (Lipinski definition) is 1. The molecule has 0 saturated heterocycles. The third kappa shape index (κ3) is 6.95. The van der Waals surface area contributed by atoms with Crippen LogP contribution in [0.15, 0.2) is 78.9 Å². The minimum absolute atomic E-state index is 0.0694. The van der Waals surface area contributed by atoms with Gasteiger partial charge in [0, 0.05) is 37.4 Å². The van der Waals surface area contributed by atoms with Crippen molar-refractivity contribution >= 4 is 23.2 Å². The van der Waals surface area contributed by atoms with Gasteiger partial charge in [0.15, 0.2) is 0 Å². The van der Waals surface area contributed by atoms with Crippen LogP contribution in [0.5, 0.6) is 0 Å². The summed E-state index contributed by atoms with van der Waals surface area (Å²) < 4.78 is 0. The van der Waals surface area contributed by atoms with E-state index >= 15 is 0 Å². The Morgan fingerprint density at radius 2 is 1.49 bits per heavy atom. The number of amides is 2. The lowest BCUT2D eigenvalue weighted by Gasteiger charge is -2.35. The van der Waals surface area contributed by atoms with E-state index in [4.69, 9.17) is 0 Å². The molecule has 0 heterocycles. The molecule has 1 atom stereocenters. The zero-order chi connectivity index (χ0) is 25.6. The Labute approximate surface area is 209 Å². The molecule has 0 bridgehead atoms. The second-order valence-electron chi connectivity index (χ2n) is 10.2. The van der Waals surface area contributed by atoms with Crippen LogP contribution in [0.1, 0.15) is 50.4 Å². The van der Waals surface area contributed by atoms with Gasteiger partial charge in [-0.2, -0.15) is 0 Å². The summed E-state index contributed by atoms with van der Waals surface area (Å²) in [7, 11) is 3.98. The maximum atomic E-state index is 13.6. The Kier molecular flexibility index (Phi) is 8.34. The smallest absolute Gasteiger partial charge is 0.228 e. The quantitative estimate of drug-likeness (QED) is 0.434. The van der Waals surface area contributed by atoms with Crippen molar-refractivity contribution in [2.24, 2.45) is 5.41 Å². The number of rotatable bonds is 8. The van der Waals surface area contributed by atoms with Gasteiger partial charge in [-0.1, -0.05) is 81.4 Å². The number of carbonyl (C=O) groups excluding carboxylic acids is 2. The average molecular weight is 472 g/mol. The zero-order valence-corrected chi connectivity index (χ0v) is 21.7. The van der Waals surface area contributed by atoms with Gasteiger partial charge in [0.05, 0.1) is 12.5 Å². The Hall–Kier alpha value is -3.60. The molecule has 3 aromatic rings. The van der Waals surface area contributed by atoms with Crippen LogP contribution in [0.3, 0.4) is 0 Å². The normalized spacial score (nSPS) is 12.1. The van der Waals surface area contributed by atoms with E-state index in [1.807, 2.05) is 111 Å². The fourth-order valence-corrected chi connectivity index (χ4v) is 4.12. The molecule has 0 aliphatic carbocycles. The predicted molar refractivity (Wildman–Crippen MR) is 144 cm³/mol. The highest BCUT2D eigenvalue weighted by molar-refractivity contribution is 5.92. The Morgan fingerprint density at radius 1 is 0.886 bits per heavy atom. The topological polar surface area (TPSA) is 52.7 Å². The summed E-state index contributed by atoms with van der Waals surface area (Å²) in [5.74, 6) is 0.0112. The largest absolute Gasteiger partial charge is 0.377 e. The lowest BCUT2D eigenvalue weighted by molar-refractivity contribution is -0.142. The molecular formula is C30H37N3O2. The van der Waals surface area contributed by atoms with Crippen molar-refractivity contribution in [2.45, 2.75) is 46.7 Å². The summed E-state index contributed by atoms with van der Waals surface area (Å²) in [4.78, 5) is 30.2. The molecule has 0 aliphatic rings. The molecule has 0 spiro atoms. The average Bonchev–Trinajstić information content (AvgIpc) is 2.82. The monoisotopic (exact) mass is 471 g/mol. The molecule has 0 radical (unpaired) electrons. The van der Waals surface area contributed by atoms with Crippen LogP contribution >= 0.6 is 0 Å². The van der Waals surface area contributed by atoms with Crippen LogP contribution in [0.25, 0.3) is 0 Å². The Morgan fingerprint density at radius 3 is 2.06 bits per heavy atom. The van der Waals surface area contributed by atoms with Gasteiger partial charge in [-0.25, -0.2) is 0 Å². The summed E-state index contributed by atoms with van der Waals surface area (Å²) >= 11 is 0. The maximum absolute atomic E-state index is 13.6. The van der Waals surface area contributed by atoms with Gasteiger partial charge in [-0.05, 0) is 41.8 Å². The summed E-state index contributed by atoms with van der Waals surface area (Å²) in [5.41, 5.74) is 4.24.